The summed E-state index contributed by atoms with van der Waals surface area (Å²) in [4.78, 5) is 36.4. The minimum absolute atomic E-state index is 0.0359. The zero-order valence-corrected chi connectivity index (χ0v) is 18.9. The molecule has 0 radical (unpaired) electrons. The summed E-state index contributed by atoms with van der Waals surface area (Å²) in [6.07, 6.45) is 1.15. The molecule has 7 heteroatoms. The van der Waals surface area contributed by atoms with E-state index in [0.29, 0.717) is 32.1 Å². The number of fused-ring (bicyclic) bond motifs is 5. The average Bonchev–Trinajstić information content (AvgIpc) is 2.90. The van der Waals surface area contributed by atoms with E-state index in [1.807, 2.05) is 20.8 Å². The summed E-state index contributed by atoms with van der Waals surface area (Å²) in [5.41, 5.74) is -4.72. The molecule has 4 aliphatic rings. The van der Waals surface area contributed by atoms with Gasteiger partial charge in [0.25, 0.3) is 0 Å². The van der Waals surface area contributed by atoms with Crippen LogP contribution in [0.2, 0.25) is 0 Å². The lowest BCUT2D eigenvalue weighted by molar-refractivity contribution is -0.238. The van der Waals surface area contributed by atoms with Crippen molar-refractivity contribution < 1.29 is 33.7 Å². The van der Waals surface area contributed by atoms with E-state index in [9.17, 15) is 24.6 Å². The van der Waals surface area contributed by atoms with Crippen LogP contribution in [0.25, 0.3) is 0 Å². The number of ketones is 2. The maximum Gasteiger partial charge on any atom is 0.303 e. The molecule has 0 aliphatic heterocycles. The van der Waals surface area contributed by atoms with Gasteiger partial charge in [-0.05, 0) is 55.8 Å². The number of halogens is 1. The van der Waals surface area contributed by atoms with Gasteiger partial charge in [0.2, 0.25) is 5.78 Å². The number of Topliss-reactive ketones (excluding diaryl/α,β-unsaturated/α-hetero) is 2. The van der Waals surface area contributed by atoms with Gasteiger partial charge < -0.3 is 14.9 Å². The van der Waals surface area contributed by atoms with Gasteiger partial charge in [-0.15, -0.1) is 0 Å². The summed E-state index contributed by atoms with van der Waals surface area (Å²) in [6.45, 7) is 6.46. The number of hydrogen-bond donors (Lipinski definition) is 2. The van der Waals surface area contributed by atoms with Gasteiger partial charge in [-0.3, -0.25) is 14.4 Å². The summed E-state index contributed by atoms with van der Waals surface area (Å²) in [7, 11) is 0. The second-order valence-electron chi connectivity index (χ2n) is 11.2. The van der Waals surface area contributed by atoms with Gasteiger partial charge in [0.15, 0.2) is 6.61 Å². The second-order valence-corrected chi connectivity index (χ2v) is 11.2. The molecule has 4 rings (SSSR count). The zero-order chi connectivity index (χ0) is 23.0. The Labute approximate surface area is 182 Å². The van der Waals surface area contributed by atoms with Crippen molar-refractivity contribution in [1.29, 1.82) is 0 Å². The Morgan fingerprint density at radius 1 is 1.13 bits per heavy atom. The monoisotopic (exact) mass is 438 g/mol. The molecule has 0 aromatic heterocycles. The van der Waals surface area contributed by atoms with Crippen LogP contribution in [0.3, 0.4) is 0 Å². The number of esters is 1. The van der Waals surface area contributed by atoms with Crippen LogP contribution in [0.5, 0.6) is 0 Å². The van der Waals surface area contributed by atoms with Crippen molar-refractivity contribution >= 4 is 17.5 Å². The number of hydrogen-bond acceptors (Lipinski definition) is 6. The van der Waals surface area contributed by atoms with Crippen LogP contribution in [0.1, 0.15) is 72.6 Å². The van der Waals surface area contributed by atoms with Crippen LogP contribution in [-0.4, -0.2) is 51.7 Å². The molecule has 4 aliphatic carbocycles. The zero-order valence-electron chi connectivity index (χ0n) is 18.9. The first-order chi connectivity index (χ1) is 14.3. The number of carbonyl (C=O) groups is 3. The topological polar surface area (TPSA) is 101 Å². The Morgan fingerprint density at radius 3 is 2.45 bits per heavy atom. The van der Waals surface area contributed by atoms with Crippen molar-refractivity contribution in [2.24, 2.45) is 34.5 Å². The molecule has 6 nitrogen and oxygen atoms in total. The Bertz CT molecular complexity index is 814. The molecule has 9 unspecified atom stereocenters. The molecule has 31 heavy (non-hydrogen) atoms. The summed E-state index contributed by atoms with van der Waals surface area (Å²) in [5, 5.41) is 23.1. The fraction of sp³-hybridized carbons (Fsp3) is 0.875. The van der Waals surface area contributed by atoms with E-state index in [0.717, 1.165) is 0 Å². The lowest BCUT2D eigenvalue weighted by atomic mass is 9.42. The van der Waals surface area contributed by atoms with E-state index in [-0.39, 0.29) is 42.3 Å². The Hall–Kier alpha value is -1.34. The fourth-order valence-corrected chi connectivity index (χ4v) is 8.24. The smallest absolute Gasteiger partial charge is 0.303 e. The summed E-state index contributed by atoms with van der Waals surface area (Å²) in [5.74, 6) is -1.61. The molecule has 4 fully saturated rings. The minimum Gasteiger partial charge on any atom is -0.458 e. The highest BCUT2D eigenvalue weighted by atomic mass is 19.1. The van der Waals surface area contributed by atoms with Crippen LogP contribution in [0.4, 0.5) is 4.39 Å². The Balaban J connectivity index is 1.68. The molecule has 174 valence electrons. The number of rotatable bonds is 3. The molecule has 0 amide bonds. The molecule has 0 aromatic carbocycles. The van der Waals surface area contributed by atoms with Crippen LogP contribution in [0.15, 0.2) is 0 Å². The maximum absolute atomic E-state index is 15.5. The van der Waals surface area contributed by atoms with Gasteiger partial charge in [-0.1, -0.05) is 20.8 Å². The SMILES string of the molecule is CC(=O)OCC(=O)C1(O)C(C)CC2C3CC(F)C4(O)CC(=O)CCC4(C)C3CCC21C. The van der Waals surface area contributed by atoms with E-state index < -0.39 is 46.6 Å². The lowest BCUT2D eigenvalue weighted by Gasteiger charge is -2.64. The van der Waals surface area contributed by atoms with E-state index in [4.69, 9.17) is 4.74 Å². The van der Waals surface area contributed by atoms with Crippen molar-refractivity contribution in [3.8, 4) is 0 Å². The van der Waals surface area contributed by atoms with Crippen LogP contribution in [-0.2, 0) is 19.1 Å². The Kier molecular flexibility index (Phi) is 5.21. The van der Waals surface area contributed by atoms with Crippen molar-refractivity contribution in [2.45, 2.75) is 90.0 Å². The Morgan fingerprint density at radius 2 is 1.81 bits per heavy atom. The van der Waals surface area contributed by atoms with Gasteiger partial charge >= 0.3 is 5.97 Å². The van der Waals surface area contributed by atoms with E-state index in [2.05, 4.69) is 0 Å². The first kappa shape index (κ1) is 22.8. The number of carbonyl (C=O) groups excluding carboxylic acids is 3. The highest BCUT2D eigenvalue weighted by molar-refractivity contribution is 5.91. The molecule has 2 N–H and O–H groups in total. The van der Waals surface area contributed by atoms with Crippen LogP contribution in [0, 0.1) is 34.5 Å². The first-order valence-corrected chi connectivity index (χ1v) is 11.6. The summed E-state index contributed by atoms with van der Waals surface area (Å²) < 4.78 is 20.5. The average molecular weight is 439 g/mol. The maximum atomic E-state index is 15.5. The lowest BCUT2D eigenvalue weighted by Crippen LogP contribution is -2.68. The third kappa shape index (κ3) is 2.84. The van der Waals surface area contributed by atoms with Gasteiger partial charge in [0.1, 0.15) is 23.2 Å². The molecule has 0 aromatic rings. The van der Waals surface area contributed by atoms with Crippen molar-refractivity contribution in [3.05, 3.63) is 0 Å². The summed E-state index contributed by atoms with van der Waals surface area (Å²) in [6, 6.07) is 0. The van der Waals surface area contributed by atoms with E-state index in [1.54, 1.807) is 0 Å². The molecule has 0 spiro atoms. The molecule has 9 atom stereocenters. The van der Waals surface area contributed by atoms with Gasteiger partial charge in [0.05, 0.1) is 0 Å². The van der Waals surface area contributed by atoms with E-state index in [1.165, 1.54) is 6.92 Å². The largest absolute Gasteiger partial charge is 0.458 e. The number of alkyl halides is 1. The first-order valence-electron chi connectivity index (χ1n) is 11.6. The molecule has 0 heterocycles. The molecular weight excluding hydrogens is 403 g/mol. The molecule has 4 saturated carbocycles. The summed E-state index contributed by atoms with van der Waals surface area (Å²) >= 11 is 0. The predicted molar refractivity (Wildman–Crippen MR) is 110 cm³/mol. The van der Waals surface area contributed by atoms with Crippen LogP contribution < -0.4 is 0 Å². The highest BCUT2D eigenvalue weighted by Crippen LogP contribution is 2.70. The molecular formula is C24H35FO6. The number of aliphatic hydroxyl groups is 2. The second kappa shape index (κ2) is 7.08. The van der Waals surface area contributed by atoms with E-state index >= 15 is 4.39 Å². The van der Waals surface area contributed by atoms with Crippen LogP contribution >= 0.6 is 0 Å². The predicted octanol–water partition coefficient (Wildman–Crippen LogP) is 2.77. The normalized spacial score (nSPS) is 51.5. The van der Waals surface area contributed by atoms with Gasteiger partial charge in [0, 0.05) is 30.6 Å². The van der Waals surface area contributed by atoms with Crippen molar-refractivity contribution in [2.75, 3.05) is 6.61 Å². The quantitative estimate of drug-likeness (QED) is 0.657. The highest BCUT2D eigenvalue weighted by Gasteiger charge is 2.72. The van der Waals surface area contributed by atoms with Gasteiger partial charge in [-0.2, -0.15) is 0 Å². The van der Waals surface area contributed by atoms with Crippen molar-refractivity contribution in [1.82, 2.24) is 0 Å². The minimum atomic E-state index is -1.64. The fourth-order valence-electron chi connectivity index (χ4n) is 8.24. The molecule has 0 saturated heterocycles. The number of ether oxygens (including phenoxy) is 1. The van der Waals surface area contributed by atoms with Crippen molar-refractivity contribution in [3.63, 3.8) is 0 Å². The third-order valence-electron chi connectivity index (χ3n) is 10.0. The van der Waals surface area contributed by atoms with Gasteiger partial charge in [-0.25, -0.2) is 4.39 Å². The molecule has 0 bridgehead atoms. The standard InChI is InChI=1S/C24H35FO6/c1-13-9-18-16-10-19(25)23(29)11-15(27)5-7-21(23,3)17(16)6-8-22(18,4)24(13,30)20(28)12-31-14(2)26/h13,16-19,29-30H,5-12H2,1-4H3. The third-order valence-corrected chi connectivity index (χ3v) is 10.0.